The molecule has 0 amide bonds. The highest BCUT2D eigenvalue weighted by Crippen LogP contribution is 2.22. The van der Waals surface area contributed by atoms with E-state index >= 15 is 0 Å². The molecule has 0 aliphatic rings. The van der Waals surface area contributed by atoms with Crippen molar-refractivity contribution >= 4 is 0 Å². The van der Waals surface area contributed by atoms with Crippen molar-refractivity contribution in [3.8, 4) is 0 Å². The average molecular weight is 230 g/mol. The van der Waals surface area contributed by atoms with Crippen LogP contribution >= 0.6 is 0 Å². The van der Waals surface area contributed by atoms with E-state index in [4.69, 9.17) is 10.3 Å². The molecule has 1 heterocycles. The molecule has 1 aromatic carbocycles. The highest BCUT2D eigenvalue weighted by Gasteiger charge is 2.13. The first kappa shape index (κ1) is 11.9. The molecule has 3 N–H and O–H groups in total. The van der Waals surface area contributed by atoms with E-state index in [1.54, 1.807) is 12.5 Å². The highest BCUT2D eigenvalue weighted by molar-refractivity contribution is 5.33. The van der Waals surface area contributed by atoms with Crippen LogP contribution in [0.1, 0.15) is 28.3 Å². The van der Waals surface area contributed by atoms with Gasteiger partial charge < -0.3 is 4.42 Å². The van der Waals surface area contributed by atoms with Crippen molar-refractivity contribution in [2.24, 2.45) is 5.84 Å². The van der Waals surface area contributed by atoms with Crippen LogP contribution in [0.5, 0.6) is 0 Å². The van der Waals surface area contributed by atoms with Crippen LogP contribution in [-0.4, -0.2) is 0 Å². The van der Waals surface area contributed by atoms with Crippen molar-refractivity contribution < 1.29 is 4.42 Å². The Morgan fingerprint density at radius 2 is 2.12 bits per heavy atom. The number of nitrogens with two attached hydrogens (primary N) is 1. The molecule has 0 saturated heterocycles. The van der Waals surface area contributed by atoms with Crippen molar-refractivity contribution in [3.63, 3.8) is 0 Å². The fourth-order valence-corrected chi connectivity index (χ4v) is 2.04. The van der Waals surface area contributed by atoms with Gasteiger partial charge in [-0.15, -0.1) is 0 Å². The molecule has 0 spiro atoms. The topological polar surface area (TPSA) is 51.2 Å². The van der Waals surface area contributed by atoms with Gasteiger partial charge in [0.25, 0.3) is 0 Å². The smallest absolute Gasteiger partial charge is 0.0935 e. The van der Waals surface area contributed by atoms with E-state index in [0.29, 0.717) is 0 Å². The summed E-state index contributed by atoms with van der Waals surface area (Å²) in [6.45, 7) is 4.20. The standard InChI is InChI=1S/C14H18N2O/c1-10-3-4-11(2)13(7-10)14(16-15)8-12-5-6-17-9-12/h3-7,9,14,16H,8,15H2,1-2H3. The van der Waals surface area contributed by atoms with Crippen molar-refractivity contribution in [2.75, 3.05) is 0 Å². The minimum absolute atomic E-state index is 0.118. The molecule has 0 radical (unpaired) electrons. The third-order valence-electron chi connectivity index (χ3n) is 3.03. The second kappa shape index (κ2) is 5.17. The van der Waals surface area contributed by atoms with E-state index < -0.39 is 0 Å². The lowest BCUT2D eigenvalue weighted by molar-refractivity contribution is 0.534. The van der Waals surface area contributed by atoms with Gasteiger partial charge in [-0.05, 0) is 43.0 Å². The summed E-state index contributed by atoms with van der Waals surface area (Å²) in [5.74, 6) is 5.66. The van der Waals surface area contributed by atoms with E-state index in [-0.39, 0.29) is 6.04 Å². The van der Waals surface area contributed by atoms with Crippen molar-refractivity contribution in [2.45, 2.75) is 26.3 Å². The molecule has 2 rings (SSSR count). The van der Waals surface area contributed by atoms with Gasteiger partial charge in [0.05, 0.1) is 18.6 Å². The van der Waals surface area contributed by atoms with Crippen LogP contribution < -0.4 is 11.3 Å². The number of furan rings is 1. The summed E-state index contributed by atoms with van der Waals surface area (Å²) in [4.78, 5) is 0. The second-order valence-corrected chi connectivity index (χ2v) is 4.42. The minimum atomic E-state index is 0.118. The molecule has 1 aromatic heterocycles. The average Bonchev–Trinajstić information content (AvgIpc) is 2.82. The predicted octanol–water partition coefficient (Wildman–Crippen LogP) is 2.64. The van der Waals surface area contributed by atoms with E-state index in [1.807, 2.05) is 6.07 Å². The van der Waals surface area contributed by atoms with E-state index in [0.717, 1.165) is 12.0 Å². The fraction of sp³-hybridized carbons (Fsp3) is 0.286. The Kier molecular flexibility index (Phi) is 3.61. The molecular formula is C14H18N2O. The molecule has 1 unspecified atom stereocenters. The van der Waals surface area contributed by atoms with Gasteiger partial charge in [0.2, 0.25) is 0 Å². The lowest BCUT2D eigenvalue weighted by Crippen LogP contribution is -2.30. The van der Waals surface area contributed by atoms with Crippen LogP contribution in [-0.2, 0) is 6.42 Å². The third-order valence-corrected chi connectivity index (χ3v) is 3.03. The molecule has 3 nitrogen and oxygen atoms in total. The van der Waals surface area contributed by atoms with E-state index in [9.17, 15) is 0 Å². The van der Waals surface area contributed by atoms with Gasteiger partial charge in [-0.3, -0.25) is 11.3 Å². The Morgan fingerprint density at radius 1 is 1.29 bits per heavy atom. The number of rotatable bonds is 4. The lowest BCUT2D eigenvalue weighted by atomic mass is 9.95. The van der Waals surface area contributed by atoms with Crippen molar-refractivity contribution in [1.82, 2.24) is 5.43 Å². The Balaban J connectivity index is 2.25. The van der Waals surface area contributed by atoms with Gasteiger partial charge in [0, 0.05) is 0 Å². The molecule has 0 bridgehead atoms. The molecule has 3 heteroatoms. The summed E-state index contributed by atoms with van der Waals surface area (Å²) in [6.07, 6.45) is 4.28. The SMILES string of the molecule is Cc1ccc(C)c(C(Cc2ccoc2)NN)c1. The highest BCUT2D eigenvalue weighted by atomic mass is 16.3. The van der Waals surface area contributed by atoms with E-state index in [1.165, 1.54) is 16.7 Å². The van der Waals surface area contributed by atoms with Crippen LogP contribution in [0.25, 0.3) is 0 Å². The maximum absolute atomic E-state index is 5.66. The van der Waals surface area contributed by atoms with Gasteiger partial charge in [-0.25, -0.2) is 0 Å². The molecule has 2 aromatic rings. The number of hydrogen-bond donors (Lipinski definition) is 2. The Hall–Kier alpha value is -1.58. The summed E-state index contributed by atoms with van der Waals surface area (Å²) in [6, 6.07) is 8.51. The molecule has 0 aliphatic carbocycles. The molecule has 90 valence electrons. The molecule has 1 atom stereocenters. The zero-order chi connectivity index (χ0) is 12.3. The minimum Gasteiger partial charge on any atom is -0.472 e. The molecule has 0 fully saturated rings. The van der Waals surface area contributed by atoms with E-state index in [2.05, 4.69) is 37.5 Å². The Bertz CT molecular complexity index is 477. The summed E-state index contributed by atoms with van der Waals surface area (Å²) in [5.41, 5.74) is 7.77. The Labute approximate surface area is 102 Å². The maximum Gasteiger partial charge on any atom is 0.0935 e. The molecule has 0 saturated carbocycles. The summed E-state index contributed by atoms with van der Waals surface area (Å²) >= 11 is 0. The van der Waals surface area contributed by atoms with Gasteiger partial charge in [0.15, 0.2) is 0 Å². The fourth-order valence-electron chi connectivity index (χ4n) is 2.04. The van der Waals surface area contributed by atoms with Gasteiger partial charge >= 0.3 is 0 Å². The van der Waals surface area contributed by atoms with Crippen LogP contribution in [0.15, 0.2) is 41.2 Å². The zero-order valence-electron chi connectivity index (χ0n) is 10.2. The summed E-state index contributed by atoms with van der Waals surface area (Å²) in [7, 11) is 0. The Morgan fingerprint density at radius 3 is 2.76 bits per heavy atom. The largest absolute Gasteiger partial charge is 0.472 e. The van der Waals surface area contributed by atoms with Crippen LogP contribution in [0, 0.1) is 13.8 Å². The van der Waals surface area contributed by atoms with Gasteiger partial charge in [0.1, 0.15) is 0 Å². The molecular weight excluding hydrogens is 212 g/mol. The number of hydrogen-bond acceptors (Lipinski definition) is 3. The lowest BCUT2D eigenvalue weighted by Gasteiger charge is -2.18. The van der Waals surface area contributed by atoms with Crippen LogP contribution in [0.4, 0.5) is 0 Å². The molecule has 17 heavy (non-hydrogen) atoms. The maximum atomic E-state index is 5.66. The second-order valence-electron chi connectivity index (χ2n) is 4.42. The van der Waals surface area contributed by atoms with Gasteiger partial charge in [-0.2, -0.15) is 0 Å². The predicted molar refractivity (Wildman–Crippen MR) is 68.4 cm³/mol. The number of nitrogens with one attached hydrogen (secondary N) is 1. The number of benzene rings is 1. The first-order valence-corrected chi connectivity index (χ1v) is 5.75. The first-order chi connectivity index (χ1) is 8.20. The number of aryl methyl sites for hydroxylation is 2. The number of hydrazine groups is 1. The summed E-state index contributed by atoms with van der Waals surface area (Å²) < 4.78 is 5.08. The zero-order valence-corrected chi connectivity index (χ0v) is 10.2. The third kappa shape index (κ3) is 2.75. The normalized spacial score (nSPS) is 12.6. The summed E-state index contributed by atoms with van der Waals surface area (Å²) in [5, 5.41) is 0. The van der Waals surface area contributed by atoms with Crippen LogP contribution in [0.3, 0.4) is 0 Å². The quantitative estimate of drug-likeness (QED) is 0.627. The van der Waals surface area contributed by atoms with Crippen LogP contribution in [0.2, 0.25) is 0 Å². The molecule has 0 aliphatic heterocycles. The van der Waals surface area contributed by atoms with Crippen molar-refractivity contribution in [1.29, 1.82) is 0 Å². The van der Waals surface area contributed by atoms with Gasteiger partial charge in [-0.1, -0.05) is 23.8 Å². The first-order valence-electron chi connectivity index (χ1n) is 5.75. The van der Waals surface area contributed by atoms with Crippen molar-refractivity contribution in [3.05, 3.63) is 59.0 Å². The monoisotopic (exact) mass is 230 g/mol.